The number of aromatic nitrogens is 2. The average Bonchev–Trinajstić information content (AvgIpc) is 2.80. The van der Waals surface area contributed by atoms with Crippen LogP contribution in [0, 0.1) is 0 Å². The van der Waals surface area contributed by atoms with Crippen molar-refractivity contribution in [3.05, 3.63) is 48.5 Å². The summed E-state index contributed by atoms with van der Waals surface area (Å²) in [7, 11) is 0. The molecule has 0 saturated carbocycles. The minimum atomic E-state index is -4.70. The van der Waals surface area contributed by atoms with Gasteiger partial charge in [0.15, 0.2) is 0 Å². The van der Waals surface area contributed by atoms with Gasteiger partial charge in [-0.05, 0) is 24.3 Å². The zero-order valence-corrected chi connectivity index (χ0v) is 10.1. The van der Waals surface area contributed by atoms with Crippen LogP contribution in [0.4, 0.5) is 13.2 Å². The van der Waals surface area contributed by atoms with Crippen molar-refractivity contribution in [3.8, 4) is 17.1 Å². The SMILES string of the molecule is FC(F)(F)Oc1cccc(-c2nc3ccccc3[nH]2)c1. The summed E-state index contributed by atoms with van der Waals surface area (Å²) in [6.07, 6.45) is -4.70. The number of para-hydroxylation sites is 2. The number of nitrogens with zero attached hydrogens (tertiary/aromatic N) is 1. The fraction of sp³-hybridized carbons (Fsp3) is 0.0714. The summed E-state index contributed by atoms with van der Waals surface area (Å²) in [4.78, 5) is 7.38. The van der Waals surface area contributed by atoms with Crippen LogP contribution in [0.2, 0.25) is 0 Å². The zero-order valence-electron chi connectivity index (χ0n) is 10.1. The topological polar surface area (TPSA) is 37.9 Å². The first-order valence-corrected chi connectivity index (χ1v) is 5.82. The highest BCUT2D eigenvalue weighted by molar-refractivity contribution is 5.79. The van der Waals surface area contributed by atoms with Crippen LogP contribution in [0.5, 0.6) is 5.75 Å². The number of ether oxygens (including phenoxy) is 1. The molecule has 0 atom stereocenters. The molecular weight excluding hydrogens is 269 g/mol. The van der Waals surface area contributed by atoms with Crippen molar-refractivity contribution in [2.45, 2.75) is 6.36 Å². The van der Waals surface area contributed by atoms with Gasteiger partial charge in [0.05, 0.1) is 11.0 Å². The molecule has 3 rings (SSSR count). The molecule has 1 N–H and O–H groups in total. The van der Waals surface area contributed by atoms with Crippen molar-refractivity contribution in [2.75, 3.05) is 0 Å². The lowest BCUT2D eigenvalue weighted by Gasteiger charge is -2.09. The van der Waals surface area contributed by atoms with Gasteiger partial charge in [-0.15, -0.1) is 13.2 Å². The van der Waals surface area contributed by atoms with Crippen LogP contribution in [0.1, 0.15) is 0 Å². The standard InChI is InChI=1S/C14H9F3N2O/c15-14(16,17)20-10-5-3-4-9(8-10)13-18-11-6-1-2-7-12(11)19-13/h1-8H,(H,18,19). The van der Waals surface area contributed by atoms with Crippen LogP contribution in [0.25, 0.3) is 22.4 Å². The Hall–Kier alpha value is -2.50. The molecule has 6 heteroatoms. The molecule has 0 aliphatic carbocycles. The normalized spacial score (nSPS) is 11.8. The van der Waals surface area contributed by atoms with E-state index in [9.17, 15) is 13.2 Å². The van der Waals surface area contributed by atoms with Gasteiger partial charge in [-0.2, -0.15) is 0 Å². The second-order valence-electron chi connectivity index (χ2n) is 4.18. The maximum Gasteiger partial charge on any atom is 0.573 e. The second-order valence-corrected chi connectivity index (χ2v) is 4.18. The van der Waals surface area contributed by atoms with E-state index in [2.05, 4.69) is 14.7 Å². The molecule has 20 heavy (non-hydrogen) atoms. The molecule has 0 unspecified atom stereocenters. The van der Waals surface area contributed by atoms with Gasteiger partial charge in [-0.25, -0.2) is 4.98 Å². The molecular formula is C14H9F3N2O. The van der Waals surface area contributed by atoms with Gasteiger partial charge in [0.2, 0.25) is 0 Å². The molecule has 0 fully saturated rings. The Morgan fingerprint density at radius 3 is 2.55 bits per heavy atom. The maximum absolute atomic E-state index is 12.2. The van der Waals surface area contributed by atoms with Gasteiger partial charge >= 0.3 is 6.36 Å². The number of nitrogens with one attached hydrogen (secondary N) is 1. The van der Waals surface area contributed by atoms with Crippen LogP contribution < -0.4 is 4.74 Å². The summed E-state index contributed by atoms with van der Waals surface area (Å²) in [5.41, 5.74) is 2.11. The Balaban J connectivity index is 1.99. The van der Waals surface area contributed by atoms with Crippen molar-refractivity contribution in [2.24, 2.45) is 0 Å². The van der Waals surface area contributed by atoms with E-state index in [1.165, 1.54) is 18.2 Å². The molecule has 0 bridgehead atoms. The van der Waals surface area contributed by atoms with Crippen LogP contribution >= 0.6 is 0 Å². The Morgan fingerprint density at radius 1 is 1.00 bits per heavy atom. The maximum atomic E-state index is 12.2. The Bertz CT molecular complexity index is 716. The van der Waals surface area contributed by atoms with Crippen molar-refractivity contribution in [1.29, 1.82) is 0 Å². The number of fused-ring (bicyclic) bond motifs is 1. The molecule has 0 radical (unpaired) electrons. The molecule has 0 aliphatic heterocycles. The Kier molecular flexibility index (Phi) is 2.85. The molecule has 0 saturated heterocycles. The molecule has 3 aromatic rings. The minimum absolute atomic E-state index is 0.268. The summed E-state index contributed by atoms with van der Waals surface area (Å²) in [6.45, 7) is 0. The lowest BCUT2D eigenvalue weighted by molar-refractivity contribution is -0.274. The molecule has 0 aliphatic rings. The Labute approximate surface area is 112 Å². The highest BCUT2D eigenvalue weighted by Crippen LogP contribution is 2.27. The fourth-order valence-electron chi connectivity index (χ4n) is 1.93. The van der Waals surface area contributed by atoms with Gasteiger partial charge < -0.3 is 9.72 Å². The third kappa shape index (κ3) is 2.59. The van der Waals surface area contributed by atoms with E-state index < -0.39 is 6.36 Å². The number of rotatable bonds is 2. The van der Waals surface area contributed by atoms with Crippen LogP contribution in [-0.2, 0) is 0 Å². The van der Waals surface area contributed by atoms with Crippen molar-refractivity contribution >= 4 is 11.0 Å². The smallest absolute Gasteiger partial charge is 0.406 e. The van der Waals surface area contributed by atoms with E-state index in [4.69, 9.17) is 0 Å². The third-order valence-corrected chi connectivity index (χ3v) is 2.73. The number of benzene rings is 2. The molecule has 3 nitrogen and oxygen atoms in total. The highest BCUT2D eigenvalue weighted by atomic mass is 19.4. The summed E-state index contributed by atoms with van der Waals surface area (Å²) in [5, 5.41) is 0. The van der Waals surface area contributed by atoms with Gasteiger partial charge in [0.25, 0.3) is 0 Å². The van der Waals surface area contributed by atoms with Gasteiger partial charge in [-0.3, -0.25) is 0 Å². The minimum Gasteiger partial charge on any atom is -0.406 e. The van der Waals surface area contributed by atoms with Crippen molar-refractivity contribution in [1.82, 2.24) is 9.97 Å². The van der Waals surface area contributed by atoms with Crippen LogP contribution in [-0.4, -0.2) is 16.3 Å². The molecule has 102 valence electrons. The number of halogens is 3. The average molecular weight is 278 g/mol. The predicted molar refractivity (Wildman–Crippen MR) is 68.2 cm³/mol. The first-order chi connectivity index (χ1) is 9.51. The first-order valence-electron chi connectivity index (χ1n) is 5.82. The van der Waals surface area contributed by atoms with Crippen LogP contribution in [0.15, 0.2) is 48.5 Å². The number of hydrogen-bond acceptors (Lipinski definition) is 2. The van der Waals surface area contributed by atoms with E-state index in [-0.39, 0.29) is 5.75 Å². The van der Waals surface area contributed by atoms with E-state index >= 15 is 0 Å². The highest BCUT2D eigenvalue weighted by Gasteiger charge is 2.31. The van der Waals surface area contributed by atoms with Gasteiger partial charge in [0, 0.05) is 5.56 Å². The van der Waals surface area contributed by atoms with E-state index in [0.717, 1.165) is 11.0 Å². The predicted octanol–water partition coefficient (Wildman–Crippen LogP) is 4.13. The molecule has 2 aromatic carbocycles. The quantitative estimate of drug-likeness (QED) is 0.765. The lowest BCUT2D eigenvalue weighted by atomic mass is 10.2. The second kappa shape index (κ2) is 4.56. The molecule has 1 aromatic heterocycles. The monoisotopic (exact) mass is 278 g/mol. The summed E-state index contributed by atoms with van der Waals surface area (Å²) in [5.74, 6) is 0.231. The Morgan fingerprint density at radius 2 is 1.80 bits per heavy atom. The molecule has 1 heterocycles. The summed E-state index contributed by atoms with van der Waals surface area (Å²) >= 11 is 0. The van der Waals surface area contributed by atoms with Crippen molar-refractivity contribution < 1.29 is 17.9 Å². The number of hydrogen-bond donors (Lipinski definition) is 1. The van der Waals surface area contributed by atoms with Crippen LogP contribution in [0.3, 0.4) is 0 Å². The number of H-pyrrole nitrogens is 1. The van der Waals surface area contributed by atoms with E-state index in [1.807, 2.05) is 24.3 Å². The summed E-state index contributed by atoms with van der Waals surface area (Å²) in [6, 6.07) is 13.1. The zero-order chi connectivity index (χ0) is 14.2. The van der Waals surface area contributed by atoms with Crippen molar-refractivity contribution in [3.63, 3.8) is 0 Å². The first kappa shape index (κ1) is 12.5. The number of imidazole rings is 1. The lowest BCUT2D eigenvalue weighted by Crippen LogP contribution is -2.17. The number of alkyl halides is 3. The van der Waals surface area contributed by atoms with Gasteiger partial charge in [-0.1, -0.05) is 24.3 Å². The summed E-state index contributed by atoms with van der Waals surface area (Å²) < 4.78 is 40.5. The molecule has 0 spiro atoms. The number of aromatic amines is 1. The van der Waals surface area contributed by atoms with E-state index in [0.29, 0.717) is 11.4 Å². The third-order valence-electron chi connectivity index (χ3n) is 2.73. The van der Waals surface area contributed by atoms with Gasteiger partial charge in [0.1, 0.15) is 11.6 Å². The largest absolute Gasteiger partial charge is 0.573 e. The molecule has 0 amide bonds. The fourth-order valence-corrected chi connectivity index (χ4v) is 1.93. The van der Waals surface area contributed by atoms with E-state index in [1.54, 1.807) is 6.07 Å².